The van der Waals surface area contributed by atoms with Crippen molar-refractivity contribution >= 4 is 11.7 Å². The van der Waals surface area contributed by atoms with Crippen molar-refractivity contribution in [1.82, 2.24) is 15.1 Å². The summed E-state index contributed by atoms with van der Waals surface area (Å²) in [5.74, 6) is 0.763. The van der Waals surface area contributed by atoms with Crippen molar-refractivity contribution in [3.8, 4) is 0 Å². The van der Waals surface area contributed by atoms with Crippen LogP contribution in [-0.4, -0.2) is 66.8 Å². The molecule has 0 aliphatic carbocycles. The molecule has 5 nitrogen and oxygen atoms in total. The van der Waals surface area contributed by atoms with Gasteiger partial charge in [0.25, 0.3) is 0 Å². The monoisotopic (exact) mass is 413 g/mol. The van der Waals surface area contributed by atoms with Gasteiger partial charge in [-0.15, -0.1) is 0 Å². The third-order valence-corrected chi connectivity index (χ3v) is 7.23. The van der Waals surface area contributed by atoms with E-state index >= 15 is 0 Å². The zero-order valence-corrected chi connectivity index (χ0v) is 19.0. The summed E-state index contributed by atoms with van der Waals surface area (Å²) in [4.78, 5) is 30.5. The van der Waals surface area contributed by atoms with Gasteiger partial charge in [-0.2, -0.15) is 0 Å². The molecular weight excluding hydrogens is 374 g/mol. The molecule has 4 atom stereocenters. The third-order valence-electron chi connectivity index (χ3n) is 7.23. The minimum absolute atomic E-state index is 0.138. The molecule has 0 spiro atoms. The first-order valence-corrected chi connectivity index (χ1v) is 11.8. The smallest absolute Gasteiger partial charge is 0.226 e. The van der Waals surface area contributed by atoms with Crippen LogP contribution in [0.25, 0.3) is 0 Å². The topological polar surface area (TPSA) is 52.7 Å². The van der Waals surface area contributed by atoms with Crippen LogP contribution in [0.4, 0.5) is 0 Å². The Morgan fingerprint density at radius 2 is 1.93 bits per heavy atom. The van der Waals surface area contributed by atoms with Crippen molar-refractivity contribution in [1.29, 1.82) is 0 Å². The molecule has 3 rings (SSSR count). The minimum Gasteiger partial charge on any atom is -0.338 e. The van der Waals surface area contributed by atoms with Gasteiger partial charge >= 0.3 is 0 Å². The standard InChI is InChI=1S/C25H39N3O2/c1-4-21(17-24(29)19(2)26-3)25(30)28-16-13-22-11-8-14-27(18-23(22)28)15-12-20-9-6-5-7-10-20/h5-7,9-10,19,21-23,26H,4,8,11-18H2,1-3H3/t19-,21+,22+,23+/m0/s1. The van der Waals surface area contributed by atoms with E-state index in [9.17, 15) is 9.59 Å². The number of carbonyl (C=O) groups is 2. The van der Waals surface area contributed by atoms with Crippen LogP contribution in [0.3, 0.4) is 0 Å². The number of carbonyl (C=O) groups excluding carboxylic acids is 2. The second-order valence-electron chi connectivity index (χ2n) is 9.11. The number of likely N-dealkylation sites (tertiary alicyclic amines) is 2. The van der Waals surface area contributed by atoms with Gasteiger partial charge in [0.05, 0.1) is 6.04 Å². The van der Waals surface area contributed by atoms with Crippen molar-refractivity contribution in [3.63, 3.8) is 0 Å². The molecule has 0 aromatic heterocycles. The van der Waals surface area contributed by atoms with E-state index in [1.165, 1.54) is 18.4 Å². The van der Waals surface area contributed by atoms with Crippen LogP contribution in [0, 0.1) is 11.8 Å². The van der Waals surface area contributed by atoms with Crippen LogP contribution in [0.15, 0.2) is 30.3 Å². The number of amides is 1. The molecule has 1 aromatic carbocycles. The summed E-state index contributed by atoms with van der Waals surface area (Å²) in [6, 6.07) is 10.8. The van der Waals surface area contributed by atoms with Crippen molar-refractivity contribution in [2.75, 3.05) is 33.2 Å². The Hall–Kier alpha value is -1.72. The van der Waals surface area contributed by atoms with E-state index in [1.54, 1.807) is 7.05 Å². The summed E-state index contributed by atoms with van der Waals surface area (Å²) in [6.07, 6.45) is 5.67. The molecule has 2 saturated heterocycles. The third kappa shape index (κ3) is 5.70. The van der Waals surface area contributed by atoms with E-state index in [1.807, 2.05) is 13.8 Å². The molecule has 1 N–H and O–H groups in total. The van der Waals surface area contributed by atoms with Crippen LogP contribution in [0.2, 0.25) is 0 Å². The zero-order valence-electron chi connectivity index (χ0n) is 19.0. The molecule has 2 aliphatic heterocycles. The molecular formula is C25H39N3O2. The quantitative estimate of drug-likeness (QED) is 0.676. The highest BCUT2D eigenvalue weighted by Gasteiger charge is 2.41. The Labute approximate surface area is 182 Å². The first-order chi connectivity index (χ1) is 14.5. The van der Waals surface area contributed by atoms with Crippen LogP contribution in [-0.2, 0) is 16.0 Å². The number of benzene rings is 1. The molecule has 2 heterocycles. The lowest BCUT2D eigenvalue weighted by Gasteiger charge is -2.33. The van der Waals surface area contributed by atoms with Crippen LogP contribution in [0.5, 0.6) is 0 Å². The Bertz CT molecular complexity index is 693. The van der Waals surface area contributed by atoms with Gasteiger partial charge in [0, 0.05) is 38.0 Å². The van der Waals surface area contributed by atoms with Crippen molar-refractivity contribution in [2.24, 2.45) is 11.8 Å². The summed E-state index contributed by atoms with van der Waals surface area (Å²) < 4.78 is 0. The number of fused-ring (bicyclic) bond motifs is 1. The largest absolute Gasteiger partial charge is 0.338 e. The molecule has 166 valence electrons. The SMILES string of the molecule is CC[C@H](CC(=O)[C@H](C)NC)C(=O)N1CC[C@H]2CCCN(CCc3ccccc3)C[C@H]21. The van der Waals surface area contributed by atoms with E-state index in [0.29, 0.717) is 18.4 Å². The van der Waals surface area contributed by atoms with Crippen molar-refractivity contribution < 1.29 is 9.59 Å². The van der Waals surface area contributed by atoms with Gasteiger partial charge < -0.3 is 15.1 Å². The molecule has 0 bridgehead atoms. The lowest BCUT2D eigenvalue weighted by atomic mass is 9.93. The van der Waals surface area contributed by atoms with Gasteiger partial charge in [-0.3, -0.25) is 9.59 Å². The first kappa shape index (κ1) is 23.0. The molecule has 0 radical (unpaired) electrons. The molecule has 5 heteroatoms. The van der Waals surface area contributed by atoms with E-state index in [0.717, 1.165) is 45.4 Å². The highest BCUT2D eigenvalue weighted by molar-refractivity contribution is 5.89. The predicted molar refractivity (Wildman–Crippen MR) is 121 cm³/mol. The number of nitrogens with zero attached hydrogens (tertiary/aromatic N) is 2. The van der Waals surface area contributed by atoms with Gasteiger partial charge in [-0.1, -0.05) is 37.3 Å². The molecule has 2 aliphatic rings. The fraction of sp³-hybridized carbons (Fsp3) is 0.680. The Kier molecular flexibility index (Phi) is 8.46. The fourth-order valence-corrected chi connectivity index (χ4v) is 5.06. The molecule has 1 aromatic rings. The van der Waals surface area contributed by atoms with Gasteiger partial charge in [-0.25, -0.2) is 0 Å². The number of hydrogen-bond acceptors (Lipinski definition) is 4. The van der Waals surface area contributed by atoms with Gasteiger partial charge in [-0.05, 0) is 64.1 Å². The van der Waals surface area contributed by atoms with E-state index in [2.05, 4.69) is 45.4 Å². The summed E-state index contributed by atoms with van der Waals surface area (Å²) in [6.45, 7) is 7.91. The minimum atomic E-state index is -0.190. The second kappa shape index (κ2) is 11.1. The van der Waals surface area contributed by atoms with Crippen LogP contribution >= 0.6 is 0 Å². The summed E-state index contributed by atoms with van der Waals surface area (Å²) in [5.41, 5.74) is 1.38. The second-order valence-corrected chi connectivity index (χ2v) is 9.11. The van der Waals surface area contributed by atoms with Gasteiger partial charge in [0.1, 0.15) is 5.78 Å². The van der Waals surface area contributed by atoms with Crippen LogP contribution in [0.1, 0.15) is 51.5 Å². The lowest BCUT2D eigenvalue weighted by Crippen LogP contribution is -2.47. The number of hydrogen-bond donors (Lipinski definition) is 1. The summed E-state index contributed by atoms with van der Waals surface area (Å²) in [7, 11) is 1.80. The average Bonchev–Trinajstić information content (AvgIpc) is 3.05. The molecule has 0 unspecified atom stereocenters. The van der Waals surface area contributed by atoms with E-state index in [-0.39, 0.29) is 23.7 Å². The number of ketones is 1. The zero-order chi connectivity index (χ0) is 21.5. The molecule has 0 saturated carbocycles. The van der Waals surface area contributed by atoms with Crippen LogP contribution < -0.4 is 5.32 Å². The Morgan fingerprint density at radius 1 is 1.17 bits per heavy atom. The number of likely N-dealkylation sites (N-methyl/N-ethyl adjacent to an activating group) is 1. The predicted octanol–water partition coefficient (Wildman–Crippen LogP) is 3.14. The maximum atomic E-state index is 13.4. The van der Waals surface area contributed by atoms with E-state index < -0.39 is 0 Å². The van der Waals surface area contributed by atoms with Crippen molar-refractivity contribution in [2.45, 2.75) is 64.5 Å². The number of rotatable bonds is 9. The molecule has 30 heavy (non-hydrogen) atoms. The number of Topliss-reactive ketones (excluding diaryl/α,β-unsaturated/α-hetero) is 1. The highest BCUT2D eigenvalue weighted by atomic mass is 16.2. The highest BCUT2D eigenvalue weighted by Crippen LogP contribution is 2.33. The van der Waals surface area contributed by atoms with E-state index in [4.69, 9.17) is 0 Å². The average molecular weight is 414 g/mol. The maximum absolute atomic E-state index is 13.4. The first-order valence-electron chi connectivity index (χ1n) is 11.8. The maximum Gasteiger partial charge on any atom is 0.226 e. The normalized spacial score (nSPS) is 24.2. The van der Waals surface area contributed by atoms with Gasteiger partial charge in [0.2, 0.25) is 5.91 Å². The summed E-state index contributed by atoms with van der Waals surface area (Å²) in [5, 5.41) is 3.01. The number of nitrogens with one attached hydrogen (secondary N) is 1. The van der Waals surface area contributed by atoms with Gasteiger partial charge in [0.15, 0.2) is 0 Å². The molecule has 1 amide bonds. The fourth-order valence-electron chi connectivity index (χ4n) is 5.06. The Morgan fingerprint density at radius 3 is 2.63 bits per heavy atom. The molecule has 2 fully saturated rings. The van der Waals surface area contributed by atoms with Crippen molar-refractivity contribution in [3.05, 3.63) is 35.9 Å². The summed E-state index contributed by atoms with van der Waals surface area (Å²) >= 11 is 0. The Balaban J connectivity index is 1.62. The lowest BCUT2D eigenvalue weighted by molar-refractivity contribution is -0.139.